The van der Waals surface area contributed by atoms with E-state index < -0.39 is 0 Å². The Morgan fingerprint density at radius 3 is 2.73 bits per heavy atom. The van der Waals surface area contributed by atoms with Crippen molar-refractivity contribution in [3.63, 3.8) is 0 Å². The van der Waals surface area contributed by atoms with Gasteiger partial charge in [0.25, 0.3) is 0 Å². The lowest BCUT2D eigenvalue weighted by atomic mass is 9.90. The molecule has 154 valence electrons. The van der Waals surface area contributed by atoms with Crippen LogP contribution in [-0.2, 0) is 11.4 Å². The minimum absolute atomic E-state index is 0.211. The minimum atomic E-state index is -0.211. The van der Waals surface area contributed by atoms with Gasteiger partial charge < -0.3 is 4.74 Å². The van der Waals surface area contributed by atoms with Gasteiger partial charge in [-0.25, -0.2) is 0 Å². The van der Waals surface area contributed by atoms with Crippen molar-refractivity contribution in [2.24, 2.45) is 0 Å². The first-order valence-corrected chi connectivity index (χ1v) is 11.2. The topological polar surface area (TPSA) is 64.1 Å². The molecule has 1 saturated carbocycles. The number of nitrogens with zero attached hydrogens (tertiary/aromatic N) is 2. The molecule has 3 aromatic rings. The van der Waals surface area contributed by atoms with E-state index >= 15 is 0 Å². The van der Waals surface area contributed by atoms with Crippen molar-refractivity contribution < 1.29 is 9.53 Å². The van der Waals surface area contributed by atoms with E-state index in [9.17, 15) is 4.79 Å². The van der Waals surface area contributed by atoms with Crippen molar-refractivity contribution in [3.8, 4) is 5.75 Å². The van der Waals surface area contributed by atoms with Crippen LogP contribution in [-0.4, -0.2) is 16.1 Å². The molecule has 0 radical (unpaired) electrons. The zero-order chi connectivity index (χ0) is 20.6. The van der Waals surface area contributed by atoms with Gasteiger partial charge in [0.1, 0.15) is 17.4 Å². The summed E-state index contributed by atoms with van der Waals surface area (Å²) in [6.07, 6.45) is 9.44. The number of ether oxygens (including phenoxy) is 1. The molecule has 1 aliphatic carbocycles. The second-order valence-electron chi connectivity index (χ2n) is 7.45. The van der Waals surface area contributed by atoms with Gasteiger partial charge in [-0.2, -0.15) is 0 Å². The zero-order valence-electron chi connectivity index (χ0n) is 16.8. The largest absolute Gasteiger partial charge is 0.489 e. The summed E-state index contributed by atoms with van der Waals surface area (Å²) in [6, 6.07) is 17.7. The number of rotatable bonds is 7. The monoisotopic (exact) mass is 419 g/mol. The highest BCUT2D eigenvalue weighted by molar-refractivity contribution is 7.15. The number of benzene rings is 2. The number of carbonyl (C=O) groups excluding carboxylic acids is 1. The molecule has 1 N–H and O–H groups in total. The summed E-state index contributed by atoms with van der Waals surface area (Å²) < 4.78 is 5.84. The zero-order valence-corrected chi connectivity index (χ0v) is 17.6. The first kappa shape index (κ1) is 20.3. The van der Waals surface area contributed by atoms with E-state index in [1.807, 2.05) is 54.6 Å². The Labute approximate surface area is 180 Å². The maximum absolute atomic E-state index is 12.3. The molecule has 30 heavy (non-hydrogen) atoms. The fraction of sp³-hybridized carbons (Fsp3) is 0.292. The van der Waals surface area contributed by atoms with Crippen LogP contribution >= 0.6 is 11.3 Å². The van der Waals surface area contributed by atoms with Crippen LogP contribution in [0.2, 0.25) is 0 Å². The maximum atomic E-state index is 12.3. The third-order valence-electron chi connectivity index (χ3n) is 5.16. The van der Waals surface area contributed by atoms with Crippen LogP contribution in [0, 0.1) is 0 Å². The van der Waals surface area contributed by atoms with Crippen molar-refractivity contribution >= 4 is 28.5 Å². The highest BCUT2D eigenvalue weighted by atomic mass is 32.1. The predicted octanol–water partition coefficient (Wildman–Crippen LogP) is 5.82. The molecule has 2 aromatic carbocycles. The molecule has 0 saturated heterocycles. The second-order valence-corrected chi connectivity index (χ2v) is 8.46. The van der Waals surface area contributed by atoms with E-state index in [0.29, 0.717) is 17.7 Å². The van der Waals surface area contributed by atoms with Crippen molar-refractivity contribution in [3.05, 3.63) is 76.8 Å². The average molecular weight is 420 g/mol. The van der Waals surface area contributed by atoms with Gasteiger partial charge in [0.2, 0.25) is 11.0 Å². The van der Waals surface area contributed by atoms with Gasteiger partial charge >= 0.3 is 0 Å². The lowest BCUT2D eigenvalue weighted by molar-refractivity contribution is -0.111. The van der Waals surface area contributed by atoms with Gasteiger partial charge in [-0.1, -0.05) is 73.1 Å². The van der Waals surface area contributed by atoms with Gasteiger partial charge in [0, 0.05) is 12.0 Å². The molecule has 0 spiro atoms. The summed E-state index contributed by atoms with van der Waals surface area (Å²) >= 11 is 1.49. The predicted molar refractivity (Wildman–Crippen MR) is 121 cm³/mol. The molecule has 0 unspecified atom stereocenters. The molecule has 1 amide bonds. The Bertz CT molecular complexity index is 994. The minimum Gasteiger partial charge on any atom is -0.489 e. The molecule has 4 rings (SSSR count). The average Bonchev–Trinajstić information content (AvgIpc) is 3.26. The summed E-state index contributed by atoms with van der Waals surface area (Å²) in [5, 5.41) is 12.8. The van der Waals surface area contributed by atoms with Crippen LogP contribution in [0.25, 0.3) is 6.08 Å². The lowest BCUT2D eigenvalue weighted by Crippen LogP contribution is -2.07. The third-order valence-corrected chi connectivity index (χ3v) is 6.16. The quantitative estimate of drug-likeness (QED) is 0.490. The number of carbonyl (C=O) groups is 1. The number of nitrogens with one attached hydrogen (secondary N) is 1. The molecule has 1 aromatic heterocycles. The fourth-order valence-corrected chi connectivity index (χ4v) is 4.48. The number of hydrogen-bond acceptors (Lipinski definition) is 5. The third kappa shape index (κ3) is 5.76. The molecule has 6 heteroatoms. The molecule has 1 heterocycles. The van der Waals surface area contributed by atoms with Crippen LogP contribution in [0.5, 0.6) is 5.75 Å². The highest BCUT2D eigenvalue weighted by Gasteiger charge is 2.19. The summed E-state index contributed by atoms with van der Waals surface area (Å²) in [6.45, 7) is 0.509. The van der Waals surface area contributed by atoms with Crippen molar-refractivity contribution in [1.29, 1.82) is 0 Å². The molecule has 0 bridgehead atoms. The lowest BCUT2D eigenvalue weighted by Gasteiger charge is -2.18. The van der Waals surface area contributed by atoms with E-state index in [1.165, 1.54) is 49.5 Å². The Morgan fingerprint density at radius 1 is 1.07 bits per heavy atom. The van der Waals surface area contributed by atoms with Crippen molar-refractivity contribution in [2.45, 2.75) is 44.6 Å². The molecular weight excluding hydrogens is 394 g/mol. The summed E-state index contributed by atoms with van der Waals surface area (Å²) in [5.74, 6) is 1.05. The summed E-state index contributed by atoms with van der Waals surface area (Å²) in [4.78, 5) is 12.3. The Morgan fingerprint density at radius 2 is 1.90 bits per heavy atom. The van der Waals surface area contributed by atoms with Crippen LogP contribution in [0.15, 0.2) is 60.7 Å². The Hall–Kier alpha value is -2.99. The molecule has 1 fully saturated rings. The van der Waals surface area contributed by atoms with Crippen molar-refractivity contribution in [1.82, 2.24) is 10.2 Å². The number of aromatic nitrogens is 2. The number of hydrogen-bond donors (Lipinski definition) is 1. The number of anilines is 1. The first-order chi connectivity index (χ1) is 14.8. The highest BCUT2D eigenvalue weighted by Crippen LogP contribution is 2.35. The first-order valence-electron chi connectivity index (χ1n) is 10.4. The number of amides is 1. The van der Waals surface area contributed by atoms with E-state index in [2.05, 4.69) is 15.5 Å². The van der Waals surface area contributed by atoms with E-state index in [1.54, 1.807) is 6.08 Å². The van der Waals surface area contributed by atoms with Gasteiger partial charge in [-0.15, -0.1) is 10.2 Å². The maximum Gasteiger partial charge on any atom is 0.250 e. The molecule has 0 atom stereocenters. The van der Waals surface area contributed by atoms with Crippen LogP contribution in [0.4, 0.5) is 5.13 Å². The van der Waals surface area contributed by atoms with Gasteiger partial charge in [-0.3, -0.25) is 10.1 Å². The SMILES string of the molecule is O=C(/C=C/c1cccc(OCc2ccccc2)c1)Nc1nnc(C2CCCCC2)s1. The van der Waals surface area contributed by atoms with Gasteiger partial charge in [0.15, 0.2) is 0 Å². The van der Waals surface area contributed by atoms with Gasteiger partial charge in [0.05, 0.1) is 0 Å². The molecule has 5 nitrogen and oxygen atoms in total. The van der Waals surface area contributed by atoms with Crippen molar-refractivity contribution in [2.75, 3.05) is 5.32 Å². The normalized spacial score (nSPS) is 14.7. The fourth-order valence-electron chi connectivity index (χ4n) is 3.57. The van der Waals surface area contributed by atoms with Gasteiger partial charge in [-0.05, 0) is 42.2 Å². The molecular formula is C24H25N3O2S. The summed E-state index contributed by atoms with van der Waals surface area (Å²) in [5.41, 5.74) is 2.01. The molecule has 0 aliphatic heterocycles. The van der Waals surface area contributed by atoms with Crippen LogP contribution in [0.1, 0.15) is 54.2 Å². The van der Waals surface area contributed by atoms with E-state index in [0.717, 1.165) is 21.9 Å². The van der Waals surface area contributed by atoms with E-state index in [4.69, 9.17) is 4.74 Å². The van der Waals surface area contributed by atoms with Crippen LogP contribution in [0.3, 0.4) is 0 Å². The van der Waals surface area contributed by atoms with E-state index in [-0.39, 0.29) is 5.91 Å². The Balaban J connectivity index is 1.31. The Kier molecular flexibility index (Phi) is 6.87. The second kappa shape index (κ2) is 10.2. The smallest absolute Gasteiger partial charge is 0.250 e. The van der Waals surface area contributed by atoms with Crippen LogP contribution < -0.4 is 10.1 Å². The molecule has 1 aliphatic rings. The standard InChI is InChI=1S/C24H25N3O2S/c28-22(25-24-27-26-23(30-24)20-11-5-2-6-12-20)15-14-18-10-7-13-21(16-18)29-17-19-8-3-1-4-9-19/h1,3-4,7-10,13-16,20H,2,5-6,11-12,17H2,(H,25,27,28)/b15-14+. The summed E-state index contributed by atoms with van der Waals surface area (Å²) in [7, 11) is 0.